The zero-order valence-electron chi connectivity index (χ0n) is 11.1. The molecule has 1 unspecified atom stereocenters. The van der Waals surface area contributed by atoms with E-state index in [0.717, 1.165) is 19.1 Å². The Hall–Kier alpha value is 0.1000. The second-order valence-corrected chi connectivity index (χ2v) is 7.51. The lowest BCUT2D eigenvalue weighted by Crippen LogP contribution is -2.42. The maximum Gasteiger partial charge on any atom is 0.0702 e. The molecule has 0 saturated heterocycles. The van der Waals surface area contributed by atoms with Crippen LogP contribution in [-0.2, 0) is 0 Å². The third kappa shape index (κ3) is 3.35. The Morgan fingerprint density at radius 3 is 2.61 bits per heavy atom. The average molecular weight is 331 g/mol. The quantitative estimate of drug-likeness (QED) is 0.878. The van der Waals surface area contributed by atoms with E-state index in [1.807, 2.05) is 11.3 Å². The number of thiophene rings is 1. The molecule has 1 atom stereocenters. The Morgan fingerprint density at radius 2 is 2.11 bits per heavy atom. The molecule has 0 amide bonds. The second kappa shape index (κ2) is 7.04. The minimum atomic E-state index is 0.398. The topological polar surface area (TPSA) is 29.3 Å². The largest absolute Gasteiger partial charge is 0.329 e. The van der Waals surface area contributed by atoms with E-state index < -0.39 is 0 Å². The molecule has 1 aliphatic rings. The van der Waals surface area contributed by atoms with Gasteiger partial charge in [0.1, 0.15) is 0 Å². The monoisotopic (exact) mass is 330 g/mol. The van der Waals surface area contributed by atoms with E-state index in [0.29, 0.717) is 6.04 Å². The molecule has 2 rings (SSSR count). The van der Waals surface area contributed by atoms with E-state index in [4.69, 9.17) is 5.73 Å². The molecule has 2 N–H and O–H groups in total. The van der Waals surface area contributed by atoms with E-state index in [9.17, 15) is 0 Å². The second-order valence-electron chi connectivity index (χ2n) is 5.02. The number of hydrogen-bond acceptors (Lipinski definition) is 3. The number of nitrogens with two attached hydrogens (primary N) is 1. The molecule has 18 heavy (non-hydrogen) atoms. The zero-order valence-corrected chi connectivity index (χ0v) is 13.5. The summed E-state index contributed by atoms with van der Waals surface area (Å²) in [6.45, 7) is 4.08. The molecule has 2 nitrogen and oxygen atoms in total. The molecular formula is C14H23BrN2S. The number of likely N-dealkylation sites (N-methyl/N-ethyl adjacent to an activating group) is 1. The van der Waals surface area contributed by atoms with Crippen LogP contribution in [0.15, 0.2) is 15.9 Å². The third-order valence-corrected chi connectivity index (χ3v) is 5.68. The van der Waals surface area contributed by atoms with Gasteiger partial charge in [0.25, 0.3) is 0 Å². The first kappa shape index (κ1) is 14.5. The third-order valence-electron chi connectivity index (χ3n) is 3.95. The van der Waals surface area contributed by atoms with Gasteiger partial charge in [-0.05, 0) is 47.4 Å². The predicted octanol–water partition coefficient (Wildman–Crippen LogP) is 4.17. The average Bonchev–Trinajstić information content (AvgIpc) is 2.83. The molecule has 1 heterocycles. The van der Waals surface area contributed by atoms with Crippen molar-refractivity contribution < 1.29 is 0 Å². The van der Waals surface area contributed by atoms with Gasteiger partial charge in [-0.15, -0.1) is 11.3 Å². The van der Waals surface area contributed by atoms with Gasteiger partial charge in [-0.1, -0.05) is 26.2 Å². The summed E-state index contributed by atoms with van der Waals surface area (Å²) in [5.41, 5.74) is 6.05. The SMILES string of the molecule is CCN(C1CCCCC1)C(CN)c1ccc(Br)s1. The molecule has 1 fully saturated rings. The normalized spacial score (nSPS) is 19.3. The lowest BCUT2D eigenvalue weighted by molar-refractivity contribution is 0.115. The van der Waals surface area contributed by atoms with Crippen LogP contribution in [0.3, 0.4) is 0 Å². The maximum absolute atomic E-state index is 6.05. The number of hydrogen-bond donors (Lipinski definition) is 1. The van der Waals surface area contributed by atoms with Crippen molar-refractivity contribution in [3.05, 3.63) is 20.8 Å². The fourth-order valence-corrected chi connectivity index (χ4v) is 4.63. The Kier molecular flexibility index (Phi) is 5.67. The lowest BCUT2D eigenvalue weighted by atomic mass is 9.93. The number of nitrogens with zero attached hydrogens (tertiary/aromatic N) is 1. The van der Waals surface area contributed by atoms with Crippen LogP contribution < -0.4 is 5.73 Å². The summed E-state index contributed by atoms with van der Waals surface area (Å²) in [5.74, 6) is 0. The molecule has 1 aliphatic carbocycles. The van der Waals surface area contributed by atoms with Gasteiger partial charge in [0.2, 0.25) is 0 Å². The molecule has 0 aromatic carbocycles. The van der Waals surface area contributed by atoms with Crippen molar-refractivity contribution in [1.82, 2.24) is 4.90 Å². The smallest absolute Gasteiger partial charge is 0.0702 e. The summed E-state index contributed by atoms with van der Waals surface area (Å²) in [7, 11) is 0. The maximum atomic E-state index is 6.05. The lowest BCUT2D eigenvalue weighted by Gasteiger charge is -2.38. The van der Waals surface area contributed by atoms with Crippen LogP contribution in [0.25, 0.3) is 0 Å². The van der Waals surface area contributed by atoms with Crippen LogP contribution >= 0.6 is 27.3 Å². The summed E-state index contributed by atoms with van der Waals surface area (Å²) in [4.78, 5) is 4.02. The highest BCUT2D eigenvalue weighted by molar-refractivity contribution is 9.11. The van der Waals surface area contributed by atoms with Crippen molar-refractivity contribution in [3.8, 4) is 0 Å². The highest BCUT2D eigenvalue weighted by atomic mass is 79.9. The van der Waals surface area contributed by atoms with Gasteiger partial charge in [0.05, 0.1) is 9.83 Å². The number of rotatable bonds is 5. The van der Waals surface area contributed by atoms with Crippen LogP contribution in [-0.4, -0.2) is 24.0 Å². The predicted molar refractivity (Wildman–Crippen MR) is 83.1 cm³/mol. The van der Waals surface area contributed by atoms with Crippen LogP contribution in [0.4, 0.5) is 0 Å². The molecular weight excluding hydrogens is 308 g/mol. The molecule has 0 radical (unpaired) electrons. The van der Waals surface area contributed by atoms with Gasteiger partial charge in [-0.3, -0.25) is 4.90 Å². The Bertz CT molecular complexity index is 360. The minimum Gasteiger partial charge on any atom is -0.329 e. The summed E-state index contributed by atoms with van der Waals surface area (Å²) in [6, 6.07) is 5.49. The van der Waals surface area contributed by atoms with Crippen molar-refractivity contribution in [2.24, 2.45) is 5.73 Å². The number of halogens is 1. The molecule has 0 bridgehead atoms. The highest BCUT2D eigenvalue weighted by Gasteiger charge is 2.27. The first-order chi connectivity index (χ1) is 8.76. The zero-order chi connectivity index (χ0) is 13.0. The van der Waals surface area contributed by atoms with E-state index in [1.54, 1.807) is 0 Å². The van der Waals surface area contributed by atoms with E-state index in [-0.39, 0.29) is 0 Å². The first-order valence-electron chi connectivity index (χ1n) is 6.97. The van der Waals surface area contributed by atoms with Crippen molar-refractivity contribution >= 4 is 27.3 Å². The van der Waals surface area contributed by atoms with Crippen molar-refractivity contribution in [3.63, 3.8) is 0 Å². The standard InChI is InChI=1S/C14H23BrN2S/c1-2-17(11-6-4-3-5-7-11)12(10-16)13-8-9-14(15)18-13/h8-9,11-12H,2-7,10,16H2,1H3. The van der Waals surface area contributed by atoms with E-state index in [1.165, 1.54) is 40.8 Å². The van der Waals surface area contributed by atoms with Gasteiger partial charge in [0, 0.05) is 17.5 Å². The van der Waals surface area contributed by atoms with E-state index in [2.05, 4.69) is 39.9 Å². The molecule has 1 aromatic rings. The Balaban J connectivity index is 2.12. The molecule has 102 valence electrons. The van der Waals surface area contributed by atoms with Gasteiger partial charge in [-0.25, -0.2) is 0 Å². The first-order valence-corrected chi connectivity index (χ1v) is 8.58. The minimum absolute atomic E-state index is 0.398. The van der Waals surface area contributed by atoms with Crippen molar-refractivity contribution in [2.75, 3.05) is 13.1 Å². The fraction of sp³-hybridized carbons (Fsp3) is 0.714. The highest BCUT2D eigenvalue weighted by Crippen LogP contribution is 2.34. The van der Waals surface area contributed by atoms with Crippen LogP contribution in [0.2, 0.25) is 0 Å². The van der Waals surface area contributed by atoms with Gasteiger partial charge in [0.15, 0.2) is 0 Å². The molecule has 1 saturated carbocycles. The van der Waals surface area contributed by atoms with Crippen molar-refractivity contribution in [1.29, 1.82) is 0 Å². The van der Waals surface area contributed by atoms with Crippen LogP contribution in [0.5, 0.6) is 0 Å². The Labute approximate surface area is 123 Å². The summed E-state index contributed by atoms with van der Waals surface area (Å²) < 4.78 is 1.20. The molecule has 4 heteroatoms. The van der Waals surface area contributed by atoms with Crippen LogP contribution in [0.1, 0.15) is 49.9 Å². The summed E-state index contributed by atoms with van der Waals surface area (Å²) in [5, 5.41) is 0. The van der Waals surface area contributed by atoms with E-state index >= 15 is 0 Å². The molecule has 0 aliphatic heterocycles. The molecule has 1 aromatic heterocycles. The van der Waals surface area contributed by atoms with Crippen LogP contribution in [0, 0.1) is 0 Å². The van der Waals surface area contributed by atoms with Gasteiger partial charge in [-0.2, -0.15) is 0 Å². The summed E-state index contributed by atoms with van der Waals surface area (Å²) in [6.07, 6.45) is 6.86. The summed E-state index contributed by atoms with van der Waals surface area (Å²) >= 11 is 5.38. The van der Waals surface area contributed by atoms with Crippen molar-refractivity contribution in [2.45, 2.75) is 51.1 Å². The van der Waals surface area contributed by atoms with Gasteiger partial charge < -0.3 is 5.73 Å². The fourth-order valence-electron chi connectivity index (χ4n) is 3.07. The Morgan fingerprint density at radius 1 is 1.39 bits per heavy atom. The molecule has 0 spiro atoms. The van der Waals surface area contributed by atoms with Gasteiger partial charge >= 0.3 is 0 Å².